The molecule has 0 aliphatic heterocycles. The zero-order valence-corrected chi connectivity index (χ0v) is 18.6. The molecule has 2 amide bonds. The Bertz CT molecular complexity index is 1070. The van der Waals surface area contributed by atoms with Gasteiger partial charge in [0, 0.05) is 24.1 Å². The van der Waals surface area contributed by atoms with E-state index in [1.807, 2.05) is 30.3 Å². The van der Waals surface area contributed by atoms with E-state index in [2.05, 4.69) is 15.6 Å². The Balaban J connectivity index is 1.59. The number of carbonyl (C=O) groups is 2. The van der Waals surface area contributed by atoms with Gasteiger partial charge in [-0.05, 0) is 39.0 Å². The van der Waals surface area contributed by atoms with Crippen LogP contribution >= 0.6 is 0 Å². The Labute approximate surface area is 186 Å². The van der Waals surface area contributed by atoms with Crippen LogP contribution in [-0.2, 0) is 16.0 Å². The van der Waals surface area contributed by atoms with Gasteiger partial charge in [-0.1, -0.05) is 30.3 Å². The van der Waals surface area contributed by atoms with Gasteiger partial charge in [0.25, 0.3) is 0 Å². The van der Waals surface area contributed by atoms with Crippen LogP contribution in [0.5, 0.6) is 5.75 Å². The summed E-state index contributed by atoms with van der Waals surface area (Å²) >= 11 is 0. The summed E-state index contributed by atoms with van der Waals surface area (Å²) in [6.07, 6.45) is 1.59. The number of hydrogen-bond acceptors (Lipinski definition) is 6. The minimum atomic E-state index is -0.636. The normalized spacial score (nSPS) is 11.0. The maximum atomic E-state index is 12.4. The van der Waals surface area contributed by atoms with E-state index in [9.17, 15) is 9.59 Å². The first-order chi connectivity index (χ1) is 15.2. The average molecular weight is 437 g/mol. The zero-order valence-electron chi connectivity index (χ0n) is 18.6. The second-order valence-corrected chi connectivity index (χ2v) is 8.07. The maximum absolute atomic E-state index is 12.4. The molecule has 3 rings (SSSR count). The lowest BCUT2D eigenvalue weighted by Gasteiger charge is -2.20. The number of aryl methyl sites for hydroxylation is 1. The number of benzene rings is 2. The van der Waals surface area contributed by atoms with Gasteiger partial charge >= 0.3 is 6.09 Å². The van der Waals surface area contributed by atoms with Crippen LogP contribution in [0.1, 0.15) is 33.1 Å². The largest absolute Gasteiger partial charge is 0.495 e. The number of amides is 2. The molecule has 2 N–H and O–H groups in total. The predicted octanol–water partition coefficient (Wildman–Crippen LogP) is 5.27. The van der Waals surface area contributed by atoms with Crippen molar-refractivity contribution >= 4 is 23.4 Å². The fourth-order valence-corrected chi connectivity index (χ4v) is 2.90. The molecule has 32 heavy (non-hydrogen) atoms. The third-order valence-electron chi connectivity index (χ3n) is 4.30. The molecule has 2 aromatic carbocycles. The summed E-state index contributed by atoms with van der Waals surface area (Å²) in [5, 5.41) is 5.45. The van der Waals surface area contributed by atoms with Crippen LogP contribution in [0.25, 0.3) is 11.3 Å². The molecule has 8 heteroatoms. The van der Waals surface area contributed by atoms with Crippen molar-refractivity contribution in [3.8, 4) is 17.1 Å². The smallest absolute Gasteiger partial charge is 0.412 e. The fourth-order valence-electron chi connectivity index (χ4n) is 2.90. The van der Waals surface area contributed by atoms with Gasteiger partial charge in [0.15, 0.2) is 11.7 Å². The molecule has 0 unspecified atom stereocenters. The van der Waals surface area contributed by atoms with Crippen molar-refractivity contribution in [3.63, 3.8) is 0 Å². The summed E-state index contributed by atoms with van der Waals surface area (Å²) in [7, 11) is 1.49. The highest BCUT2D eigenvalue weighted by Crippen LogP contribution is 2.28. The molecule has 1 heterocycles. The van der Waals surface area contributed by atoms with Gasteiger partial charge in [-0.25, -0.2) is 9.78 Å². The van der Waals surface area contributed by atoms with E-state index in [1.165, 1.54) is 7.11 Å². The van der Waals surface area contributed by atoms with Crippen LogP contribution in [0.3, 0.4) is 0 Å². The summed E-state index contributed by atoms with van der Waals surface area (Å²) in [5.41, 5.74) is 1.20. The Morgan fingerprint density at radius 2 is 1.81 bits per heavy atom. The third kappa shape index (κ3) is 6.60. The fraction of sp³-hybridized carbons (Fsp3) is 0.292. The molecule has 1 aromatic heterocycles. The Hall–Kier alpha value is -3.81. The SMILES string of the molecule is COc1ccc(NC(=O)CCc2ncc(-c3ccccc3)o2)cc1NC(=O)OC(C)(C)C. The van der Waals surface area contributed by atoms with Crippen molar-refractivity contribution in [2.24, 2.45) is 0 Å². The summed E-state index contributed by atoms with van der Waals surface area (Å²) < 4.78 is 16.3. The predicted molar refractivity (Wildman–Crippen MR) is 122 cm³/mol. The lowest BCUT2D eigenvalue weighted by atomic mass is 10.2. The van der Waals surface area contributed by atoms with Gasteiger partial charge in [0.05, 0.1) is 19.0 Å². The topological polar surface area (TPSA) is 103 Å². The third-order valence-corrected chi connectivity index (χ3v) is 4.30. The number of anilines is 2. The maximum Gasteiger partial charge on any atom is 0.412 e. The first-order valence-electron chi connectivity index (χ1n) is 10.2. The number of nitrogens with zero attached hydrogens (tertiary/aromatic N) is 1. The second kappa shape index (κ2) is 10.00. The molecule has 0 aliphatic carbocycles. The molecular weight excluding hydrogens is 410 g/mol. The van der Waals surface area contributed by atoms with Crippen LogP contribution in [0.15, 0.2) is 59.1 Å². The summed E-state index contributed by atoms with van der Waals surface area (Å²) in [6, 6.07) is 14.6. The molecule has 8 nitrogen and oxygen atoms in total. The van der Waals surface area contributed by atoms with Gasteiger partial charge < -0.3 is 19.2 Å². The van der Waals surface area contributed by atoms with Gasteiger partial charge in [-0.3, -0.25) is 10.1 Å². The number of nitrogens with one attached hydrogen (secondary N) is 2. The minimum absolute atomic E-state index is 0.190. The van der Waals surface area contributed by atoms with E-state index < -0.39 is 11.7 Å². The molecule has 0 radical (unpaired) electrons. The Morgan fingerprint density at radius 3 is 2.50 bits per heavy atom. The van der Waals surface area contributed by atoms with E-state index >= 15 is 0 Å². The molecule has 0 aliphatic rings. The minimum Gasteiger partial charge on any atom is -0.495 e. The standard InChI is InChI=1S/C24H27N3O5/c1-24(2,3)32-23(29)27-18-14-17(10-11-19(18)30-4)26-21(28)12-13-22-25-15-20(31-22)16-8-6-5-7-9-16/h5-11,14-15H,12-13H2,1-4H3,(H,26,28)(H,27,29). The summed E-state index contributed by atoms with van der Waals surface area (Å²) in [5.74, 6) is 1.38. The molecule has 0 saturated carbocycles. The first-order valence-corrected chi connectivity index (χ1v) is 10.2. The summed E-state index contributed by atoms with van der Waals surface area (Å²) in [6.45, 7) is 5.32. The molecule has 0 bridgehead atoms. The van der Waals surface area contributed by atoms with Crippen molar-refractivity contribution in [2.75, 3.05) is 17.7 Å². The average Bonchev–Trinajstić information content (AvgIpc) is 3.21. The highest BCUT2D eigenvalue weighted by Gasteiger charge is 2.18. The van der Waals surface area contributed by atoms with Gasteiger partial charge in [-0.15, -0.1) is 0 Å². The number of rotatable bonds is 7. The van der Waals surface area contributed by atoms with Crippen LogP contribution in [0.4, 0.5) is 16.2 Å². The zero-order chi connectivity index (χ0) is 23.1. The highest BCUT2D eigenvalue weighted by molar-refractivity contribution is 5.93. The Morgan fingerprint density at radius 1 is 1.06 bits per heavy atom. The number of oxazole rings is 1. The van der Waals surface area contributed by atoms with Crippen molar-refractivity contribution in [2.45, 2.75) is 39.2 Å². The van der Waals surface area contributed by atoms with Crippen LogP contribution in [-0.4, -0.2) is 29.7 Å². The van der Waals surface area contributed by atoms with Crippen LogP contribution in [0, 0.1) is 0 Å². The van der Waals surface area contributed by atoms with Gasteiger partial charge in [0.2, 0.25) is 5.91 Å². The van der Waals surface area contributed by atoms with Crippen molar-refractivity contribution < 1.29 is 23.5 Å². The van der Waals surface area contributed by atoms with E-state index in [4.69, 9.17) is 13.9 Å². The van der Waals surface area contributed by atoms with Crippen molar-refractivity contribution in [3.05, 3.63) is 60.6 Å². The van der Waals surface area contributed by atoms with Crippen LogP contribution in [0.2, 0.25) is 0 Å². The van der Waals surface area contributed by atoms with E-state index in [-0.39, 0.29) is 12.3 Å². The van der Waals surface area contributed by atoms with Crippen molar-refractivity contribution in [1.29, 1.82) is 0 Å². The Kier molecular flexibility index (Phi) is 7.14. The lowest BCUT2D eigenvalue weighted by Crippen LogP contribution is -2.27. The van der Waals surface area contributed by atoms with Crippen molar-refractivity contribution in [1.82, 2.24) is 4.98 Å². The number of methoxy groups -OCH3 is 1. The molecule has 3 aromatic rings. The van der Waals surface area contributed by atoms with E-state index in [0.29, 0.717) is 35.2 Å². The molecule has 0 atom stereocenters. The monoisotopic (exact) mass is 437 g/mol. The molecule has 168 valence electrons. The van der Waals surface area contributed by atoms with Gasteiger partial charge in [-0.2, -0.15) is 0 Å². The highest BCUT2D eigenvalue weighted by atomic mass is 16.6. The summed E-state index contributed by atoms with van der Waals surface area (Å²) in [4.78, 5) is 28.8. The molecule has 0 spiro atoms. The van der Waals surface area contributed by atoms with E-state index in [1.54, 1.807) is 45.2 Å². The second-order valence-electron chi connectivity index (χ2n) is 8.07. The van der Waals surface area contributed by atoms with Crippen LogP contribution < -0.4 is 15.4 Å². The quantitative estimate of drug-likeness (QED) is 0.522. The molecular formula is C24H27N3O5. The lowest BCUT2D eigenvalue weighted by molar-refractivity contribution is -0.116. The van der Waals surface area contributed by atoms with E-state index in [0.717, 1.165) is 5.56 Å². The van der Waals surface area contributed by atoms with Gasteiger partial charge in [0.1, 0.15) is 11.4 Å². The number of aromatic nitrogens is 1. The number of carbonyl (C=O) groups excluding carboxylic acids is 2. The molecule has 0 saturated heterocycles. The number of ether oxygens (including phenoxy) is 2. The molecule has 0 fully saturated rings. The number of hydrogen-bond donors (Lipinski definition) is 2. The first kappa shape index (κ1) is 22.9.